The van der Waals surface area contributed by atoms with E-state index in [0.29, 0.717) is 0 Å². The van der Waals surface area contributed by atoms with Crippen LogP contribution in [0.15, 0.2) is 42.7 Å². The van der Waals surface area contributed by atoms with E-state index in [1.54, 1.807) is 10.9 Å². The molecule has 26 heavy (non-hydrogen) atoms. The lowest BCUT2D eigenvalue weighted by Crippen LogP contribution is -2.28. The number of fused-ring (bicyclic) bond motifs is 1. The molecule has 0 spiro atoms. The molecule has 9 nitrogen and oxygen atoms in total. The molecule has 0 saturated carbocycles. The predicted octanol–water partition coefficient (Wildman–Crippen LogP) is 1.12. The van der Waals surface area contributed by atoms with E-state index < -0.39 is 0 Å². The van der Waals surface area contributed by atoms with Crippen LogP contribution < -0.4 is 5.32 Å². The molecule has 0 atom stereocenters. The zero-order valence-electron chi connectivity index (χ0n) is 14.2. The van der Waals surface area contributed by atoms with Crippen molar-refractivity contribution in [3.8, 4) is 22.9 Å². The van der Waals surface area contributed by atoms with E-state index in [1.165, 1.54) is 5.69 Å². The maximum atomic E-state index is 4.71. The molecule has 1 aromatic carbocycles. The Kier molecular flexibility index (Phi) is 3.39. The van der Waals surface area contributed by atoms with Gasteiger partial charge in [-0.2, -0.15) is 9.78 Å². The molecule has 5 rings (SSSR count). The molecule has 4 heterocycles. The summed E-state index contributed by atoms with van der Waals surface area (Å²) in [4.78, 5) is 4.52. The number of hydrogen-bond acceptors (Lipinski definition) is 6. The van der Waals surface area contributed by atoms with Crippen molar-refractivity contribution in [2.24, 2.45) is 0 Å². The summed E-state index contributed by atoms with van der Waals surface area (Å²) in [7, 11) is 0. The Morgan fingerprint density at radius 3 is 2.73 bits per heavy atom. The molecule has 0 saturated heterocycles. The monoisotopic (exact) mass is 347 g/mol. The number of nitrogens with zero attached hydrogens (tertiary/aromatic N) is 8. The minimum absolute atomic E-state index is 0.748. The van der Waals surface area contributed by atoms with Crippen molar-refractivity contribution in [2.75, 3.05) is 6.54 Å². The first-order chi connectivity index (χ1) is 12.8. The van der Waals surface area contributed by atoms with Gasteiger partial charge in [-0.25, -0.2) is 4.98 Å². The first-order valence-electron chi connectivity index (χ1n) is 8.46. The van der Waals surface area contributed by atoms with Crippen LogP contribution in [-0.2, 0) is 13.1 Å². The van der Waals surface area contributed by atoms with E-state index in [-0.39, 0.29) is 0 Å². The Morgan fingerprint density at radius 1 is 1.12 bits per heavy atom. The van der Waals surface area contributed by atoms with Gasteiger partial charge in [-0.3, -0.25) is 9.25 Å². The summed E-state index contributed by atoms with van der Waals surface area (Å²) < 4.78 is 5.79. The number of aromatic nitrogens is 8. The first kappa shape index (κ1) is 15.0. The van der Waals surface area contributed by atoms with Gasteiger partial charge in [0.25, 0.3) is 0 Å². The van der Waals surface area contributed by atoms with Crippen molar-refractivity contribution in [1.29, 1.82) is 0 Å². The second kappa shape index (κ2) is 5.88. The van der Waals surface area contributed by atoms with Crippen LogP contribution in [0.1, 0.15) is 11.5 Å². The average molecular weight is 347 g/mol. The Labute approximate surface area is 149 Å². The highest BCUT2D eigenvalue weighted by Gasteiger charge is 2.16. The molecule has 1 aliphatic rings. The molecular weight excluding hydrogens is 330 g/mol. The summed E-state index contributed by atoms with van der Waals surface area (Å²) in [6.45, 7) is 4.54. The molecule has 1 N–H and O–H groups in total. The molecule has 9 heteroatoms. The highest BCUT2D eigenvalue weighted by atomic mass is 15.5. The largest absolute Gasteiger partial charge is 0.309 e. The van der Waals surface area contributed by atoms with Crippen molar-refractivity contribution in [3.05, 3.63) is 54.2 Å². The normalized spacial score (nSPS) is 13.7. The summed E-state index contributed by atoms with van der Waals surface area (Å²) in [6, 6.07) is 10.1. The number of tetrazole rings is 1. The highest BCUT2D eigenvalue weighted by Crippen LogP contribution is 2.23. The molecule has 4 aromatic rings. The Balaban J connectivity index is 1.51. The fraction of sp³-hybridized carbons (Fsp3) is 0.235. The van der Waals surface area contributed by atoms with Crippen molar-refractivity contribution < 1.29 is 0 Å². The van der Waals surface area contributed by atoms with Crippen LogP contribution in [0.5, 0.6) is 0 Å². The van der Waals surface area contributed by atoms with Gasteiger partial charge in [0.05, 0.1) is 17.9 Å². The highest BCUT2D eigenvalue weighted by molar-refractivity contribution is 5.55. The minimum Gasteiger partial charge on any atom is -0.309 e. The van der Waals surface area contributed by atoms with E-state index in [4.69, 9.17) is 5.10 Å². The number of imidazole rings is 1. The maximum Gasteiger partial charge on any atom is 0.165 e. The topological polar surface area (TPSA) is 91.3 Å². The average Bonchev–Trinajstić information content (AvgIpc) is 3.40. The fourth-order valence-electron chi connectivity index (χ4n) is 3.23. The van der Waals surface area contributed by atoms with E-state index in [9.17, 15) is 0 Å². The molecule has 0 bridgehead atoms. The third-order valence-corrected chi connectivity index (χ3v) is 4.54. The van der Waals surface area contributed by atoms with E-state index in [1.807, 2.05) is 42.0 Å². The van der Waals surface area contributed by atoms with Crippen molar-refractivity contribution in [3.63, 3.8) is 0 Å². The van der Waals surface area contributed by atoms with Crippen LogP contribution in [0, 0.1) is 6.92 Å². The van der Waals surface area contributed by atoms with Gasteiger partial charge in [-0.15, -0.1) is 5.10 Å². The third-order valence-electron chi connectivity index (χ3n) is 4.54. The summed E-state index contributed by atoms with van der Waals surface area (Å²) in [5.41, 5.74) is 4.00. The predicted molar refractivity (Wildman–Crippen MR) is 93.9 cm³/mol. The van der Waals surface area contributed by atoms with Crippen molar-refractivity contribution in [1.82, 2.24) is 44.9 Å². The van der Waals surface area contributed by atoms with E-state index in [2.05, 4.69) is 36.6 Å². The Bertz CT molecular complexity index is 1030. The lowest BCUT2D eigenvalue weighted by atomic mass is 10.2. The maximum absolute atomic E-state index is 4.71. The van der Waals surface area contributed by atoms with Gasteiger partial charge in [0, 0.05) is 31.2 Å². The second-order valence-electron chi connectivity index (χ2n) is 6.20. The van der Waals surface area contributed by atoms with Crippen LogP contribution in [0.4, 0.5) is 0 Å². The summed E-state index contributed by atoms with van der Waals surface area (Å²) in [6.07, 6.45) is 3.74. The molecule has 0 unspecified atom stereocenters. The van der Waals surface area contributed by atoms with Crippen LogP contribution >= 0.6 is 0 Å². The van der Waals surface area contributed by atoms with Gasteiger partial charge in [-0.1, -0.05) is 0 Å². The lowest BCUT2D eigenvalue weighted by Gasteiger charge is -2.13. The quantitative estimate of drug-likeness (QED) is 0.597. The SMILES string of the molecule is Cc1nnnn1-c1ccc(-n2ccnc2-c2cc3n(n2)CCNC3)cc1. The Morgan fingerprint density at radius 2 is 1.96 bits per heavy atom. The molecule has 130 valence electrons. The van der Waals surface area contributed by atoms with Crippen LogP contribution in [0.3, 0.4) is 0 Å². The van der Waals surface area contributed by atoms with Gasteiger partial charge >= 0.3 is 0 Å². The minimum atomic E-state index is 0.748. The number of aryl methyl sites for hydroxylation is 1. The van der Waals surface area contributed by atoms with Crippen LogP contribution in [-0.4, -0.2) is 46.1 Å². The smallest absolute Gasteiger partial charge is 0.165 e. The van der Waals surface area contributed by atoms with Gasteiger partial charge in [0.15, 0.2) is 11.6 Å². The summed E-state index contributed by atoms with van der Waals surface area (Å²) >= 11 is 0. The number of rotatable bonds is 3. The first-order valence-corrected chi connectivity index (χ1v) is 8.46. The van der Waals surface area contributed by atoms with E-state index >= 15 is 0 Å². The van der Waals surface area contributed by atoms with Crippen LogP contribution in [0.2, 0.25) is 0 Å². The number of nitrogens with one attached hydrogen (secondary N) is 1. The fourth-order valence-corrected chi connectivity index (χ4v) is 3.23. The second-order valence-corrected chi connectivity index (χ2v) is 6.20. The van der Waals surface area contributed by atoms with Gasteiger partial charge in [0.1, 0.15) is 5.69 Å². The summed E-state index contributed by atoms with van der Waals surface area (Å²) in [5, 5.41) is 19.7. The van der Waals surface area contributed by atoms with Gasteiger partial charge in [0.2, 0.25) is 0 Å². The van der Waals surface area contributed by atoms with Gasteiger partial charge in [-0.05, 0) is 47.7 Å². The third kappa shape index (κ3) is 2.40. The van der Waals surface area contributed by atoms with E-state index in [0.717, 1.165) is 48.4 Å². The molecule has 0 amide bonds. The molecule has 3 aromatic heterocycles. The van der Waals surface area contributed by atoms with Gasteiger partial charge < -0.3 is 5.32 Å². The molecule has 0 aliphatic carbocycles. The van der Waals surface area contributed by atoms with Crippen LogP contribution in [0.25, 0.3) is 22.9 Å². The Hall–Kier alpha value is -3.33. The molecular formula is C17H17N9. The molecule has 0 radical (unpaired) electrons. The van der Waals surface area contributed by atoms with Crippen molar-refractivity contribution >= 4 is 0 Å². The standard InChI is InChI=1S/C17H17N9/c1-12-20-22-23-26(12)14-4-2-13(3-5-14)24-8-7-19-17(24)16-10-15-11-18-6-9-25(15)21-16/h2-5,7-8,10,18H,6,9,11H2,1H3. The summed E-state index contributed by atoms with van der Waals surface area (Å²) in [5.74, 6) is 1.58. The molecule has 1 aliphatic heterocycles. The zero-order valence-corrected chi connectivity index (χ0v) is 14.2. The number of hydrogen-bond donors (Lipinski definition) is 1. The number of benzene rings is 1. The zero-order chi connectivity index (χ0) is 17.5. The molecule has 0 fully saturated rings. The lowest BCUT2D eigenvalue weighted by molar-refractivity contribution is 0.476. The van der Waals surface area contributed by atoms with Crippen molar-refractivity contribution in [2.45, 2.75) is 20.0 Å².